The molecule has 0 saturated carbocycles. The quantitative estimate of drug-likeness (QED) is 0.757. The third-order valence-corrected chi connectivity index (χ3v) is 2.41. The van der Waals surface area contributed by atoms with Gasteiger partial charge < -0.3 is 15.2 Å². The number of hydrogen-bond acceptors (Lipinski definition) is 5. The molecule has 1 aromatic rings. The molecule has 7 nitrogen and oxygen atoms in total. The zero-order valence-corrected chi connectivity index (χ0v) is 11.2. The summed E-state index contributed by atoms with van der Waals surface area (Å²) in [7, 11) is 1.52. The van der Waals surface area contributed by atoms with E-state index in [2.05, 4.69) is 0 Å². The van der Waals surface area contributed by atoms with Crippen LogP contribution in [0.3, 0.4) is 0 Å². The van der Waals surface area contributed by atoms with Crippen LogP contribution in [0, 0.1) is 0 Å². The molecule has 0 fully saturated rings. The molecule has 1 aromatic carbocycles. The first-order valence-corrected chi connectivity index (χ1v) is 5.85. The molecule has 3 amide bonds. The van der Waals surface area contributed by atoms with E-state index in [1.165, 1.54) is 14.0 Å². The lowest BCUT2D eigenvalue weighted by atomic mass is 10.1. The van der Waals surface area contributed by atoms with Crippen LogP contribution in [0.5, 0.6) is 5.75 Å². The van der Waals surface area contributed by atoms with Gasteiger partial charge in [-0.1, -0.05) is 12.1 Å². The minimum absolute atomic E-state index is 0.00854. The Bertz CT molecular complexity index is 515. The molecule has 0 saturated heterocycles. The predicted molar refractivity (Wildman–Crippen MR) is 70.0 cm³/mol. The van der Waals surface area contributed by atoms with E-state index in [1.54, 1.807) is 24.3 Å². The first-order chi connectivity index (χ1) is 9.42. The summed E-state index contributed by atoms with van der Waals surface area (Å²) in [6, 6.07) is 5.92. The molecule has 1 atom stereocenters. The van der Waals surface area contributed by atoms with E-state index in [0.717, 1.165) is 0 Å². The van der Waals surface area contributed by atoms with Crippen molar-refractivity contribution in [1.29, 1.82) is 0 Å². The van der Waals surface area contributed by atoms with Crippen LogP contribution in [-0.2, 0) is 20.7 Å². The smallest absolute Gasteiger partial charge is 0.318 e. The van der Waals surface area contributed by atoms with Crippen LogP contribution < -0.4 is 15.8 Å². The normalized spacial score (nSPS) is 11.3. The van der Waals surface area contributed by atoms with Crippen LogP contribution in [0.25, 0.3) is 0 Å². The Hall–Kier alpha value is -2.57. The van der Waals surface area contributed by atoms with E-state index in [-0.39, 0.29) is 6.42 Å². The van der Waals surface area contributed by atoms with Crippen molar-refractivity contribution in [3.63, 3.8) is 0 Å². The average Bonchev–Trinajstić information content (AvgIpc) is 2.37. The highest BCUT2D eigenvalue weighted by atomic mass is 16.5. The van der Waals surface area contributed by atoms with Crippen LogP contribution >= 0.6 is 0 Å². The topological polar surface area (TPSA) is 108 Å². The van der Waals surface area contributed by atoms with Gasteiger partial charge in [0.15, 0.2) is 6.10 Å². The highest BCUT2D eigenvalue weighted by Crippen LogP contribution is 2.13. The molecule has 0 aliphatic carbocycles. The first-order valence-electron chi connectivity index (χ1n) is 5.85. The van der Waals surface area contributed by atoms with E-state index in [9.17, 15) is 14.4 Å². The average molecular weight is 280 g/mol. The maximum Gasteiger partial charge on any atom is 0.318 e. The summed E-state index contributed by atoms with van der Waals surface area (Å²) < 4.78 is 9.92. The van der Waals surface area contributed by atoms with Gasteiger partial charge in [-0.25, -0.2) is 4.79 Å². The van der Waals surface area contributed by atoms with Crippen molar-refractivity contribution in [2.45, 2.75) is 19.4 Å². The molecular formula is C13H16N2O5. The van der Waals surface area contributed by atoms with Crippen molar-refractivity contribution in [2.24, 2.45) is 5.73 Å². The van der Waals surface area contributed by atoms with Crippen LogP contribution in [0.15, 0.2) is 24.3 Å². The summed E-state index contributed by atoms with van der Waals surface area (Å²) in [5, 5.41) is 1.83. The largest absolute Gasteiger partial charge is 0.497 e. The van der Waals surface area contributed by atoms with E-state index >= 15 is 0 Å². The maximum atomic E-state index is 11.7. The van der Waals surface area contributed by atoms with Crippen molar-refractivity contribution in [3.8, 4) is 5.75 Å². The number of urea groups is 1. The number of ether oxygens (including phenoxy) is 2. The van der Waals surface area contributed by atoms with Crippen molar-refractivity contribution >= 4 is 17.9 Å². The first kappa shape index (κ1) is 15.5. The molecule has 3 N–H and O–H groups in total. The Labute approximate surface area is 116 Å². The highest BCUT2D eigenvalue weighted by Gasteiger charge is 2.19. The second kappa shape index (κ2) is 7.13. The van der Waals surface area contributed by atoms with Crippen LogP contribution in [0.4, 0.5) is 4.79 Å². The van der Waals surface area contributed by atoms with Crippen molar-refractivity contribution in [3.05, 3.63) is 29.8 Å². The number of methoxy groups -OCH3 is 1. The Morgan fingerprint density at radius 3 is 2.65 bits per heavy atom. The Morgan fingerprint density at radius 2 is 2.05 bits per heavy atom. The van der Waals surface area contributed by atoms with Gasteiger partial charge in [-0.15, -0.1) is 0 Å². The molecule has 108 valence electrons. The maximum absolute atomic E-state index is 11.7. The third kappa shape index (κ3) is 4.97. The summed E-state index contributed by atoms with van der Waals surface area (Å²) in [5.41, 5.74) is 5.48. The van der Waals surface area contributed by atoms with E-state index in [0.29, 0.717) is 11.3 Å². The van der Waals surface area contributed by atoms with Gasteiger partial charge in [-0.3, -0.25) is 14.9 Å². The van der Waals surface area contributed by atoms with Gasteiger partial charge in [0, 0.05) is 0 Å². The minimum atomic E-state index is -1.10. The predicted octanol–water partition coefficient (Wildman–Crippen LogP) is 0.364. The summed E-state index contributed by atoms with van der Waals surface area (Å²) in [5.74, 6) is -0.739. The molecule has 0 aliphatic rings. The molecule has 0 spiro atoms. The van der Waals surface area contributed by atoms with E-state index in [1.807, 2.05) is 5.32 Å². The number of imide groups is 1. The van der Waals surface area contributed by atoms with Gasteiger partial charge >= 0.3 is 12.0 Å². The lowest BCUT2D eigenvalue weighted by molar-refractivity contribution is -0.153. The van der Waals surface area contributed by atoms with Crippen molar-refractivity contribution < 1.29 is 23.9 Å². The number of benzene rings is 1. The lowest BCUT2D eigenvalue weighted by Crippen LogP contribution is -2.42. The molecular weight excluding hydrogens is 264 g/mol. The van der Waals surface area contributed by atoms with Crippen molar-refractivity contribution in [2.75, 3.05) is 7.11 Å². The standard InChI is InChI=1S/C13H16N2O5/c1-8(12(17)15-13(14)18)20-11(16)7-9-4-3-5-10(6-9)19-2/h3-6,8H,7H2,1-2H3,(H3,14,15,17,18)/t8-/m1/s1. The van der Waals surface area contributed by atoms with E-state index in [4.69, 9.17) is 15.2 Å². The summed E-state index contributed by atoms with van der Waals surface area (Å²) in [4.78, 5) is 33.5. The van der Waals surface area contributed by atoms with Gasteiger partial charge in [-0.05, 0) is 24.6 Å². The van der Waals surface area contributed by atoms with Gasteiger partial charge in [0.05, 0.1) is 13.5 Å². The zero-order chi connectivity index (χ0) is 15.1. The molecule has 0 aromatic heterocycles. The van der Waals surface area contributed by atoms with Crippen LogP contribution in [0.1, 0.15) is 12.5 Å². The number of nitrogens with one attached hydrogen (secondary N) is 1. The fourth-order valence-corrected chi connectivity index (χ4v) is 1.46. The Kier molecular flexibility index (Phi) is 5.52. The second-order valence-electron chi connectivity index (χ2n) is 4.01. The molecule has 0 radical (unpaired) electrons. The van der Waals surface area contributed by atoms with E-state index < -0.39 is 24.0 Å². The van der Waals surface area contributed by atoms with Crippen molar-refractivity contribution in [1.82, 2.24) is 5.32 Å². The number of rotatable bonds is 5. The number of nitrogens with two attached hydrogens (primary N) is 1. The number of primary amides is 1. The highest BCUT2D eigenvalue weighted by molar-refractivity contribution is 5.96. The molecule has 7 heteroatoms. The summed E-state index contributed by atoms with van der Waals surface area (Å²) >= 11 is 0. The second-order valence-corrected chi connectivity index (χ2v) is 4.01. The molecule has 20 heavy (non-hydrogen) atoms. The fourth-order valence-electron chi connectivity index (χ4n) is 1.46. The van der Waals surface area contributed by atoms with Crippen LogP contribution in [-0.4, -0.2) is 31.1 Å². The van der Waals surface area contributed by atoms with Gasteiger partial charge in [0.1, 0.15) is 5.75 Å². The number of amides is 3. The lowest BCUT2D eigenvalue weighted by Gasteiger charge is -2.12. The zero-order valence-electron chi connectivity index (χ0n) is 11.2. The number of hydrogen-bond donors (Lipinski definition) is 2. The third-order valence-electron chi connectivity index (χ3n) is 2.41. The number of carbonyl (C=O) groups is 3. The van der Waals surface area contributed by atoms with Crippen LogP contribution in [0.2, 0.25) is 0 Å². The van der Waals surface area contributed by atoms with Gasteiger partial charge in [0.2, 0.25) is 0 Å². The Morgan fingerprint density at radius 1 is 1.35 bits per heavy atom. The fraction of sp³-hybridized carbons (Fsp3) is 0.308. The number of esters is 1. The molecule has 0 unspecified atom stereocenters. The molecule has 0 bridgehead atoms. The molecule has 1 rings (SSSR count). The SMILES string of the molecule is COc1cccc(CC(=O)O[C@H](C)C(=O)NC(N)=O)c1. The summed E-state index contributed by atoms with van der Waals surface area (Å²) in [6.45, 7) is 1.35. The summed E-state index contributed by atoms with van der Waals surface area (Å²) in [6.07, 6.45) is -1.11. The molecule has 0 aliphatic heterocycles. The molecule has 0 heterocycles. The monoisotopic (exact) mass is 280 g/mol. The van der Waals surface area contributed by atoms with Gasteiger partial charge in [0.25, 0.3) is 5.91 Å². The minimum Gasteiger partial charge on any atom is -0.497 e. The Balaban J connectivity index is 2.54. The van der Waals surface area contributed by atoms with Gasteiger partial charge in [-0.2, -0.15) is 0 Å². The number of carbonyl (C=O) groups excluding carboxylic acids is 3.